The van der Waals surface area contributed by atoms with Gasteiger partial charge in [0, 0.05) is 5.92 Å². The molecule has 1 saturated carbocycles. The molecule has 3 nitrogen and oxygen atoms in total. The molecule has 17 heavy (non-hydrogen) atoms. The highest BCUT2D eigenvalue weighted by Gasteiger charge is 2.16. The summed E-state index contributed by atoms with van der Waals surface area (Å²) in [6.07, 6.45) is 10.4. The minimum absolute atomic E-state index is 0.340. The Kier molecular flexibility index (Phi) is 4.72. The summed E-state index contributed by atoms with van der Waals surface area (Å²) in [5.74, 6) is 2.12. The lowest BCUT2D eigenvalue weighted by Crippen LogP contribution is -2.07. The molecule has 1 aliphatic rings. The van der Waals surface area contributed by atoms with E-state index < -0.39 is 0 Å². The van der Waals surface area contributed by atoms with E-state index in [0.717, 1.165) is 11.6 Å². The lowest BCUT2D eigenvalue weighted by molar-refractivity contribution is 0.512. The van der Waals surface area contributed by atoms with Crippen molar-refractivity contribution in [2.24, 2.45) is 0 Å². The molecule has 0 amide bonds. The quantitative estimate of drug-likeness (QED) is 0.758. The van der Waals surface area contributed by atoms with Crippen LogP contribution in [0.25, 0.3) is 0 Å². The standard InChI is InChI=1S/C13H20ClN3/c1-10-15-12(17-13(14)16-10)11-8-6-4-2-3-5-7-9-11/h11H,2-9H2,1H3. The number of hydrogen-bond acceptors (Lipinski definition) is 3. The maximum Gasteiger partial charge on any atom is 0.225 e. The van der Waals surface area contributed by atoms with Crippen LogP contribution in [0.2, 0.25) is 5.28 Å². The fourth-order valence-electron chi connectivity index (χ4n) is 2.54. The third-order valence-electron chi connectivity index (χ3n) is 3.46. The van der Waals surface area contributed by atoms with Crippen molar-refractivity contribution in [3.8, 4) is 0 Å². The van der Waals surface area contributed by atoms with Crippen LogP contribution in [0.4, 0.5) is 0 Å². The van der Waals surface area contributed by atoms with Gasteiger partial charge >= 0.3 is 0 Å². The number of halogens is 1. The van der Waals surface area contributed by atoms with Crippen LogP contribution < -0.4 is 0 Å². The fourth-order valence-corrected chi connectivity index (χ4v) is 2.75. The molecule has 1 aromatic rings. The normalized spacial score (nSPS) is 19.4. The molecule has 0 saturated heterocycles. The average molecular weight is 254 g/mol. The molecule has 0 spiro atoms. The summed E-state index contributed by atoms with van der Waals surface area (Å²) in [7, 11) is 0. The first-order chi connectivity index (χ1) is 8.25. The molecule has 0 unspecified atom stereocenters. The predicted octanol–water partition coefficient (Wildman–Crippen LogP) is 4.05. The van der Waals surface area contributed by atoms with Crippen LogP contribution in [-0.4, -0.2) is 15.0 Å². The van der Waals surface area contributed by atoms with Gasteiger partial charge < -0.3 is 0 Å². The molecule has 0 aromatic carbocycles. The minimum atomic E-state index is 0.340. The van der Waals surface area contributed by atoms with E-state index in [1.54, 1.807) is 0 Å². The number of rotatable bonds is 1. The highest BCUT2D eigenvalue weighted by molar-refractivity contribution is 6.28. The van der Waals surface area contributed by atoms with Crippen LogP contribution in [0.5, 0.6) is 0 Å². The summed E-state index contributed by atoms with van der Waals surface area (Å²) in [5, 5.41) is 0.340. The van der Waals surface area contributed by atoms with Gasteiger partial charge in [-0.3, -0.25) is 0 Å². The van der Waals surface area contributed by atoms with Crippen LogP contribution in [0.15, 0.2) is 0 Å². The van der Waals surface area contributed by atoms with Gasteiger partial charge in [0.2, 0.25) is 5.28 Å². The summed E-state index contributed by atoms with van der Waals surface area (Å²) in [5.41, 5.74) is 0. The Labute approximate surface area is 108 Å². The maximum atomic E-state index is 5.91. The lowest BCUT2D eigenvalue weighted by Gasteiger charge is -2.14. The second-order valence-corrected chi connectivity index (χ2v) is 5.24. The van der Waals surface area contributed by atoms with Crippen LogP contribution in [-0.2, 0) is 0 Å². The van der Waals surface area contributed by atoms with Crippen molar-refractivity contribution in [1.29, 1.82) is 0 Å². The third kappa shape index (κ3) is 3.91. The zero-order valence-electron chi connectivity index (χ0n) is 10.5. The van der Waals surface area contributed by atoms with Crippen molar-refractivity contribution in [1.82, 2.24) is 15.0 Å². The highest BCUT2D eigenvalue weighted by atomic mass is 35.5. The van der Waals surface area contributed by atoms with Gasteiger partial charge in [0.15, 0.2) is 0 Å². The second-order valence-electron chi connectivity index (χ2n) is 4.91. The van der Waals surface area contributed by atoms with E-state index in [9.17, 15) is 0 Å². The van der Waals surface area contributed by atoms with E-state index in [-0.39, 0.29) is 0 Å². The molecule has 0 aliphatic heterocycles. The van der Waals surface area contributed by atoms with Crippen molar-refractivity contribution in [2.75, 3.05) is 0 Å². The summed E-state index contributed by atoms with van der Waals surface area (Å²) >= 11 is 5.91. The summed E-state index contributed by atoms with van der Waals surface area (Å²) in [6.45, 7) is 1.88. The Morgan fingerprint density at radius 2 is 1.47 bits per heavy atom. The van der Waals surface area contributed by atoms with Crippen LogP contribution in [0.1, 0.15) is 68.9 Å². The molecule has 0 N–H and O–H groups in total. The van der Waals surface area contributed by atoms with Crippen molar-refractivity contribution in [3.63, 3.8) is 0 Å². The molecule has 1 fully saturated rings. The Bertz CT molecular complexity index is 337. The highest BCUT2D eigenvalue weighted by Crippen LogP contribution is 2.28. The van der Waals surface area contributed by atoms with Crippen molar-refractivity contribution < 1.29 is 0 Å². The first kappa shape index (κ1) is 12.7. The van der Waals surface area contributed by atoms with Crippen LogP contribution in [0, 0.1) is 6.92 Å². The smallest absolute Gasteiger partial charge is 0.218 e. The van der Waals surface area contributed by atoms with Gasteiger partial charge in [0.1, 0.15) is 11.6 Å². The zero-order valence-corrected chi connectivity index (χ0v) is 11.2. The Balaban J connectivity index is 2.11. The SMILES string of the molecule is Cc1nc(Cl)nc(C2CCCCCCCC2)n1. The molecule has 0 atom stereocenters. The van der Waals surface area contributed by atoms with Gasteiger partial charge in [-0.25, -0.2) is 15.0 Å². The van der Waals surface area contributed by atoms with Crippen molar-refractivity contribution >= 4 is 11.6 Å². The summed E-state index contributed by atoms with van der Waals surface area (Å²) < 4.78 is 0. The molecule has 4 heteroatoms. The van der Waals surface area contributed by atoms with E-state index in [1.165, 1.54) is 51.4 Å². The fraction of sp³-hybridized carbons (Fsp3) is 0.769. The zero-order chi connectivity index (χ0) is 12.1. The van der Waals surface area contributed by atoms with E-state index in [4.69, 9.17) is 11.6 Å². The summed E-state index contributed by atoms with van der Waals surface area (Å²) in [6, 6.07) is 0. The van der Waals surface area contributed by atoms with Crippen LogP contribution in [0.3, 0.4) is 0 Å². The van der Waals surface area contributed by atoms with E-state index in [0.29, 0.717) is 11.2 Å². The average Bonchev–Trinajstić information content (AvgIpc) is 2.40. The molecule has 0 bridgehead atoms. The summed E-state index contributed by atoms with van der Waals surface area (Å²) in [4.78, 5) is 12.8. The number of aromatic nitrogens is 3. The van der Waals surface area contributed by atoms with E-state index in [2.05, 4.69) is 15.0 Å². The van der Waals surface area contributed by atoms with Gasteiger partial charge in [-0.1, -0.05) is 38.5 Å². The first-order valence-electron chi connectivity index (χ1n) is 6.64. The van der Waals surface area contributed by atoms with Gasteiger partial charge in [-0.05, 0) is 31.4 Å². The van der Waals surface area contributed by atoms with Crippen molar-refractivity contribution in [2.45, 2.75) is 64.2 Å². The third-order valence-corrected chi connectivity index (χ3v) is 3.63. The van der Waals surface area contributed by atoms with E-state index >= 15 is 0 Å². The Morgan fingerprint density at radius 3 is 2.06 bits per heavy atom. The Hall–Kier alpha value is -0.700. The van der Waals surface area contributed by atoms with Gasteiger partial charge in [0.05, 0.1) is 0 Å². The van der Waals surface area contributed by atoms with E-state index in [1.807, 2.05) is 6.92 Å². The topological polar surface area (TPSA) is 38.7 Å². The van der Waals surface area contributed by atoms with Gasteiger partial charge in [0.25, 0.3) is 0 Å². The molecule has 1 heterocycles. The van der Waals surface area contributed by atoms with Crippen LogP contribution >= 0.6 is 11.6 Å². The molecular formula is C13H20ClN3. The van der Waals surface area contributed by atoms with Gasteiger partial charge in [-0.15, -0.1) is 0 Å². The molecule has 1 aliphatic carbocycles. The molecular weight excluding hydrogens is 234 g/mol. The Morgan fingerprint density at radius 1 is 0.882 bits per heavy atom. The monoisotopic (exact) mass is 253 g/mol. The lowest BCUT2D eigenvalue weighted by atomic mass is 9.96. The minimum Gasteiger partial charge on any atom is -0.218 e. The van der Waals surface area contributed by atoms with Crippen molar-refractivity contribution in [3.05, 3.63) is 16.9 Å². The molecule has 2 rings (SSSR count). The maximum absolute atomic E-state index is 5.91. The molecule has 1 aromatic heterocycles. The predicted molar refractivity (Wildman–Crippen MR) is 69.3 cm³/mol. The molecule has 0 radical (unpaired) electrons. The number of hydrogen-bond donors (Lipinski definition) is 0. The largest absolute Gasteiger partial charge is 0.225 e. The van der Waals surface area contributed by atoms with Gasteiger partial charge in [-0.2, -0.15) is 0 Å². The molecule has 94 valence electrons. The first-order valence-corrected chi connectivity index (χ1v) is 7.01. The number of nitrogens with zero attached hydrogens (tertiary/aromatic N) is 3. The number of aryl methyl sites for hydroxylation is 1. The second kappa shape index (κ2) is 6.29.